The molecule has 19 heavy (non-hydrogen) atoms. The number of halogens is 4. The van der Waals surface area contributed by atoms with Gasteiger partial charge in [0.1, 0.15) is 0 Å². The predicted molar refractivity (Wildman–Crippen MR) is 68.9 cm³/mol. The molecule has 0 fully saturated rings. The molecule has 0 heterocycles. The Morgan fingerprint density at radius 3 is 2.16 bits per heavy atom. The summed E-state index contributed by atoms with van der Waals surface area (Å²) in [4.78, 5) is 0. The summed E-state index contributed by atoms with van der Waals surface area (Å²) in [6, 6.07) is 11.9. The van der Waals surface area contributed by atoms with Crippen LogP contribution in [0.2, 0.25) is 5.02 Å². The maximum Gasteiger partial charge on any atom is 0.417 e. The average molecular weight is 286 g/mol. The molecule has 0 bridgehead atoms. The van der Waals surface area contributed by atoms with E-state index >= 15 is 0 Å². The van der Waals surface area contributed by atoms with E-state index < -0.39 is 17.8 Å². The Hall–Kier alpha value is -1.52. The van der Waals surface area contributed by atoms with Crippen LogP contribution in [-0.4, -0.2) is 0 Å². The highest BCUT2D eigenvalue weighted by atomic mass is 35.5. The highest BCUT2D eigenvalue weighted by Gasteiger charge is 2.34. The van der Waals surface area contributed by atoms with Crippen LogP contribution in [0, 0.1) is 0 Å². The van der Waals surface area contributed by atoms with Crippen molar-refractivity contribution in [3.05, 3.63) is 70.2 Å². The molecule has 5 heteroatoms. The van der Waals surface area contributed by atoms with Gasteiger partial charge in [0.05, 0.1) is 16.6 Å². The van der Waals surface area contributed by atoms with Gasteiger partial charge in [0.2, 0.25) is 0 Å². The topological polar surface area (TPSA) is 26.0 Å². The zero-order chi connectivity index (χ0) is 14.0. The highest BCUT2D eigenvalue weighted by molar-refractivity contribution is 6.32. The van der Waals surface area contributed by atoms with Crippen LogP contribution in [-0.2, 0) is 6.18 Å². The molecule has 2 aromatic carbocycles. The maximum absolute atomic E-state index is 12.8. The second kappa shape index (κ2) is 5.23. The van der Waals surface area contributed by atoms with Gasteiger partial charge in [-0.05, 0) is 17.2 Å². The molecular formula is C14H11ClF3N. The van der Waals surface area contributed by atoms with Gasteiger partial charge in [0.15, 0.2) is 0 Å². The molecule has 1 nitrogen and oxygen atoms in total. The molecular weight excluding hydrogens is 275 g/mol. The van der Waals surface area contributed by atoms with Gasteiger partial charge in [0, 0.05) is 0 Å². The third-order valence-electron chi connectivity index (χ3n) is 2.83. The van der Waals surface area contributed by atoms with Crippen molar-refractivity contribution in [2.45, 2.75) is 12.2 Å². The van der Waals surface area contributed by atoms with Crippen LogP contribution in [0.3, 0.4) is 0 Å². The molecule has 1 unspecified atom stereocenters. The van der Waals surface area contributed by atoms with E-state index in [4.69, 9.17) is 17.3 Å². The average Bonchev–Trinajstić information content (AvgIpc) is 2.38. The van der Waals surface area contributed by atoms with Crippen molar-refractivity contribution in [1.82, 2.24) is 0 Å². The van der Waals surface area contributed by atoms with E-state index in [1.807, 2.05) is 6.07 Å². The SMILES string of the molecule is NC(c1ccccc1)c1cccc(C(F)(F)F)c1Cl. The highest BCUT2D eigenvalue weighted by Crippen LogP contribution is 2.38. The molecule has 0 aromatic heterocycles. The summed E-state index contributed by atoms with van der Waals surface area (Å²) in [5.74, 6) is 0. The van der Waals surface area contributed by atoms with Crippen molar-refractivity contribution in [2.24, 2.45) is 5.73 Å². The van der Waals surface area contributed by atoms with E-state index in [-0.39, 0.29) is 10.6 Å². The summed E-state index contributed by atoms with van der Waals surface area (Å²) in [7, 11) is 0. The number of alkyl halides is 3. The van der Waals surface area contributed by atoms with Crippen molar-refractivity contribution in [1.29, 1.82) is 0 Å². The number of nitrogens with two attached hydrogens (primary N) is 1. The Labute approximate surface area is 113 Å². The van der Waals surface area contributed by atoms with Gasteiger partial charge in [0.25, 0.3) is 0 Å². The Kier molecular flexibility index (Phi) is 3.83. The molecule has 0 saturated heterocycles. The Bertz CT molecular complexity index is 567. The number of hydrogen-bond acceptors (Lipinski definition) is 1. The standard InChI is InChI=1S/C14H11ClF3N/c15-12-10(7-4-8-11(12)14(16,17)18)13(19)9-5-2-1-3-6-9/h1-8,13H,19H2. The first-order valence-electron chi connectivity index (χ1n) is 5.57. The second-order valence-corrected chi connectivity index (χ2v) is 4.47. The van der Waals surface area contributed by atoms with E-state index in [2.05, 4.69) is 0 Å². The zero-order valence-corrected chi connectivity index (χ0v) is 10.5. The van der Waals surface area contributed by atoms with E-state index in [1.165, 1.54) is 12.1 Å². The zero-order valence-electron chi connectivity index (χ0n) is 9.79. The molecule has 2 N–H and O–H groups in total. The van der Waals surface area contributed by atoms with Crippen molar-refractivity contribution in [3.63, 3.8) is 0 Å². The van der Waals surface area contributed by atoms with Gasteiger partial charge in [-0.15, -0.1) is 0 Å². The third kappa shape index (κ3) is 2.91. The minimum Gasteiger partial charge on any atom is -0.320 e. The summed E-state index contributed by atoms with van der Waals surface area (Å²) in [6.45, 7) is 0. The lowest BCUT2D eigenvalue weighted by Gasteiger charge is -2.17. The summed E-state index contributed by atoms with van der Waals surface area (Å²) in [5.41, 5.74) is 6.09. The Morgan fingerprint density at radius 2 is 1.58 bits per heavy atom. The molecule has 2 rings (SSSR count). The normalized spacial score (nSPS) is 13.3. The van der Waals surface area contributed by atoms with E-state index in [1.54, 1.807) is 24.3 Å². The van der Waals surface area contributed by atoms with Crippen LogP contribution in [0.15, 0.2) is 48.5 Å². The number of rotatable bonds is 2. The monoisotopic (exact) mass is 285 g/mol. The molecule has 1 atom stereocenters. The Balaban J connectivity index is 2.47. The van der Waals surface area contributed by atoms with Gasteiger partial charge in [-0.1, -0.05) is 54.1 Å². The predicted octanol–water partition coefficient (Wildman–Crippen LogP) is 4.41. The summed E-state index contributed by atoms with van der Waals surface area (Å²) < 4.78 is 38.3. The first-order chi connectivity index (χ1) is 8.91. The summed E-state index contributed by atoms with van der Waals surface area (Å²) in [6.07, 6.45) is -4.48. The van der Waals surface area contributed by atoms with Crippen molar-refractivity contribution in [2.75, 3.05) is 0 Å². The molecule has 0 amide bonds. The first kappa shape index (κ1) is 13.9. The van der Waals surface area contributed by atoms with Crippen LogP contribution in [0.4, 0.5) is 13.2 Å². The van der Waals surface area contributed by atoms with Gasteiger partial charge >= 0.3 is 6.18 Å². The molecule has 2 aromatic rings. The van der Waals surface area contributed by atoms with E-state index in [0.29, 0.717) is 5.56 Å². The van der Waals surface area contributed by atoms with Crippen LogP contribution >= 0.6 is 11.6 Å². The van der Waals surface area contributed by atoms with Gasteiger partial charge in [-0.3, -0.25) is 0 Å². The molecule has 0 aliphatic carbocycles. The quantitative estimate of drug-likeness (QED) is 0.869. The fraction of sp³-hybridized carbons (Fsp3) is 0.143. The fourth-order valence-corrected chi connectivity index (χ4v) is 2.20. The number of benzene rings is 2. The smallest absolute Gasteiger partial charge is 0.320 e. The molecule has 0 radical (unpaired) electrons. The van der Waals surface area contributed by atoms with Crippen LogP contribution in [0.5, 0.6) is 0 Å². The second-order valence-electron chi connectivity index (χ2n) is 4.09. The first-order valence-corrected chi connectivity index (χ1v) is 5.95. The molecule has 0 aliphatic rings. The van der Waals surface area contributed by atoms with E-state index in [9.17, 15) is 13.2 Å². The minimum atomic E-state index is -4.48. The maximum atomic E-state index is 12.8. The molecule has 100 valence electrons. The summed E-state index contributed by atoms with van der Waals surface area (Å²) in [5, 5.41) is -0.341. The summed E-state index contributed by atoms with van der Waals surface area (Å²) >= 11 is 5.84. The lowest BCUT2D eigenvalue weighted by atomic mass is 9.98. The van der Waals surface area contributed by atoms with Crippen molar-refractivity contribution >= 4 is 11.6 Å². The van der Waals surface area contributed by atoms with Crippen molar-refractivity contribution in [3.8, 4) is 0 Å². The van der Waals surface area contributed by atoms with Gasteiger partial charge < -0.3 is 5.73 Å². The Morgan fingerprint density at radius 1 is 0.947 bits per heavy atom. The molecule has 0 saturated carbocycles. The fourth-order valence-electron chi connectivity index (χ4n) is 1.85. The minimum absolute atomic E-state index is 0.266. The van der Waals surface area contributed by atoms with Crippen LogP contribution < -0.4 is 5.73 Å². The van der Waals surface area contributed by atoms with Gasteiger partial charge in [-0.2, -0.15) is 13.2 Å². The third-order valence-corrected chi connectivity index (χ3v) is 3.25. The van der Waals surface area contributed by atoms with Crippen LogP contribution in [0.25, 0.3) is 0 Å². The molecule has 0 spiro atoms. The van der Waals surface area contributed by atoms with Gasteiger partial charge in [-0.25, -0.2) is 0 Å². The lowest BCUT2D eigenvalue weighted by Crippen LogP contribution is -2.15. The molecule has 0 aliphatic heterocycles. The van der Waals surface area contributed by atoms with Crippen LogP contribution in [0.1, 0.15) is 22.7 Å². The van der Waals surface area contributed by atoms with E-state index in [0.717, 1.165) is 6.07 Å². The largest absolute Gasteiger partial charge is 0.417 e. The van der Waals surface area contributed by atoms with Crippen molar-refractivity contribution < 1.29 is 13.2 Å². The lowest BCUT2D eigenvalue weighted by molar-refractivity contribution is -0.137. The number of hydrogen-bond donors (Lipinski definition) is 1.